The van der Waals surface area contributed by atoms with Crippen molar-refractivity contribution >= 4 is 15.9 Å². The molecule has 0 N–H and O–H groups in total. The van der Waals surface area contributed by atoms with Crippen molar-refractivity contribution in [2.75, 3.05) is 0 Å². The van der Waals surface area contributed by atoms with Crippen molar-refractivity contribution in [3.05, 3.63) is 65.0 Å². The van der Waals surface area contributed by atoms with Crippen LogP contribution in [0.3, 0.4) is 0 Å². The maximum absolute atomic E-state index is 5.77. The first-order chi connectivity index (χ1) is 10.2. The second-order valence-corrected chi connectivity index (χ2v) is 5.44. The van der Waals surface area contributed by atoms with Gasteiger partial charge in [-0.3, -0.25) is 0 Å². The van der Waals surface area contributed by atoms with E-state index < -0.39 is 0 Å². The summed E-state index contributed by atoms with van der Waals surface area (Å²) in [4.78, 5) is 0. The molecule has 4 nitrogen and oxygen atoms in total. The number of hydrogen-bond donors (Lipinski definition) is 0. The first kappa shape index (κ1) is 13.8. The molecule has 21 heavy (non-hydrogen) atoms. The Hall–Kier alpha value is -2.14. The van der Waals surface area contributed by atoms with Crippen molar-refractivity contribution < 1.29 is 9.15 Å². The van der Waals surface area contributed by atoms with E-state index in [4.69, 9.17) is 9.15 Å². The van der Waals surface area contributed by atoms with Gasteiger partial charge in [-0.25, -0.2) is 0 Å². The van der Waals surface area contributed by atoms with Crippen molar-refractivity contribution in [3.63, 3.8) is 0 Å². The molecule has 0 saturated carbocycles. The van der Waals surface area contributed by atoms with Crippen LogP contribution < -0.4 is 4.74 Å². The standard InChI is InChI=1S/C16H13BrN2O2/c1-11(20-14-8-3-2-4-9-14)15-18-19-16(21-15)12-6-5-7-13(17)10-12/h2-11H,1H3. The number of hydrogen-bond acceptors (Lipinski definition) is 4. The summed E-state index contributed by atoms with van der Waals surface area (Å²) >= 11 is 3.42. The fourth-order valence-electron chi connectivity index (χ4n) is 1.89. The van der Waals surface area contributed by atoms with E-state index in [1.807, 2.05) is 61.5 Å². The molecular weight excluding hydrogens is 332 g/mol. The molecule has 0 amide bonds. The van der Waals surface area contributed by atoms with E-state index in [-0.39, 0.29) is 6.10 Å². The Kier molecular flexibility index (Phi) is 4.01. The maximum Gasteiger partial charge on any atom is 0.257 e. The van der Waals surface area contributed by atoms with E-state index in [1.54, 1.807) is 0 Å². The summed E-state index contributed by atoms with van der Waals surface area (Å²) in [5, 5.41) is 8.13. The zero-order valence-electron chi connectivity index (χ0n) is 11.4. The van der Waals surface area contributed by atoms with E-state index in [9.17, 15) is 0 Å². The molecule has 0 saturated heterocycles. The lowest BCUT2D eigenvalue weighted by atomic mass is 10.2. The van der Waals surface area contributed by atoms with Crippen LogP contribution in [0.1, 0.15) is 18.9 Å². The van der Waals surface area contributed by atoms with Gasteiger partial charge in [0.1, 0.15) is 5.75 Å². The molecule has 3 aromatic rings. The molecule has 0 radical (unpaired) electrons. The number of para-hydroxylation sites is 1. The minimum absolute atomic E-state index is 0.305. The van der Waals surface area contributed by atoms with Gasteiger partial charge in [0.2, 0.25) is 5.89 Å². The summed E-state index contributed by atoms with van der Waals surface area (Å²) in [6, 6.07) is 17.3. The fourth-order valence-corrected chi connectivity index (χ4v) is 2.29. The Labute approximate surface area is 130 Å². The molecule has 1 atom stereocenters. The minimum atomic E-state index is -0.305. The molecule has 0 aliphatic heterocycles. The monoisotopic (exact) mass is 344 g/mol. The lowest BCUT2D eigenvalue weighted by Gasteiger charge is -2.10. The zero-order chi connectivity index (χ0) is 14.7. The number of ether oxygens (including phenoxy) is 1. The Balaban J connectivity index is 1.78. The first-order valence-electron chi connectivity index (χ1n) is 6.53. The largest absolute Gasteiger partial charge is 0.481 e. The second-order valence-electron chi connectivity index (χ2n) is 4.53. The maximum atomic E-state index is 5.77. The normalized spacial score (nSPS) is 12.1. The van der Waals surface area contributed by atoms with E-state index in [1.165, 1.54) is 0 Å². The van der Waals surface area contributed by atoms with E-state index in [0.29, 0.717) is 11.8 Å². The van der Waals surface area contributed by atoms with Crippen molar-refractivity contribution in [2.24, 2.45) is 0 Å². The Bertz CT molecular complexity index is 728. The molecule has 3 rings (SSSR count). The fraction of sp³-hybridized carbons (Fsp3) is 0.125. The lowest BCUT2D eigenvalue weighted by molar-refractivity contribution is 0.189. The van der Waals surface area contributed by atoms with Crippen molar-refractivity contribution in [1.82, 2.24) is 10.2 Å². The van der Waals surface area contributed by atoms with Crippen LogP contribution in [0.15, 0.2) is 63.5 Å². The summed E-state index contributed by atoms with van der Waals surface area (Å²) in [6.45, 7) is 1.88. The third kappa shape index (κ3) is 3.31. The first-order valence-corrected chi connectivity index (χ1v) is 7.33. The van der Waals surface area contributed by atoms with Crippen LogP contribution in [0.2, 0.25) is 0 Å². The van der Waals surface area contributed by atoms with Gasteiger partial charge in [-0.1, -0.05) is 40.2 Å². The highest BCUT2D eigenvalue weighted by atomic mass is 79.9. The van der Waals surface area contributed by atoms with Crippen LogP contribution in [0.5, 0.6) is 5.75 Å². The van der Waals surface area contributed by atoms with Crippen LogP contribution in [0.4, 0.5) is 0 Å². The number of halogens is 1. The predicted octanol–water partition coefficient (Wildman–Crippen LogP) is 4.64. The summed E-state index contributed by atoms with van der Waals surface area (Å²) in [5.74, 6) is 1.70. The molecule has 106 valence electrons. The van der Waals surface area contributed by atoms with Gasteiger partial charge in [0, 0.05) is 10.0 Å². The van der Waals surface area contributed by atoms with Gasteiger partial charge in [-0.05, 0) is 37.3 Å². The Morgan fingerprint density at radius 1 is 1.05 bits per heavy atom. The van der Waals surface area contributed by atoms with Crippen LogP contribution in [-0.4, -0.2) is 10.2 Å². The smallest absolute Gasteiger partial charge is 0.257 e. The molecule has 5 heteroatoms. The van der Waals surface area contributed by atoms with Gasteiger partial charge in [0.15, 0.2) is 6.10 Å². The third-order valence-electron chi connectivity index (χ3n) is 2.92. The molecule has 0 bridgehead atoms. The van der Waals surface area contributed by atoms with Crippen LogP contribution >= 0.6 is 15.9 Å². The number of rotatable bonds is 4. The summed E-state index contributed by atoms with van der Waals surface area (Å²) < 4.78 is 12.4. The highest BCUT2D eigenvalue weighted by molar-refractivity contribution is 9.10. The second kappa shape index (κ2) is 6.10. The highest BCUT2D eigenvalue weighted by Gasteiger charge is 2.16. The Morgan fingerprint density at radius 2 is 1.86 bits per heavy atom. The van der Waals surface area contributed by atoms with Crippen molar-refractivity contribution in [1.29, 1.82) is 0 Å². The average Bonchev–Trinajstić information content (AvgIpc) is 2.98. The Morgan fingerprint density at radius 3 is 2.62 bits per heavy atom. The number of nitrogens with zero attached hydrogens (tertiary/aromatic N) is 2. The number of benzene rings is 2. The summed E-state index contributed by atoms with van der Waals surface area (Å²) in [5.41, 5.74) is 0.870. The molecule has 0 aliphatic carbocycles. The summed E-state index contributed by atoms with van der Waals surface area (Å²) in [7, 11) is 0. The quantitative estimate of drug-likeness (QED) is 0.691. The van der Waals surface area contributed by atoms with Crippen molar-refractivity contribution in [2.45, 2.75) is 13.0 Å². The highest BCUT2D eigenvalue weighted by Crippen LogP contribution is 2.25. The van der Waals surface area contributed by atoms with E-state index in [0.717, 1.165) is 15.8 Å². The molecule has 1 aromatic heterocycles. The number of aromatic nitrogens is 2. The van der Waals surface area contributed by atoms with Gasteiger partial charge in [-0.15, -0.1) is 10.2 Å². The molecule has 1 heterocycles. The average molecular weight is 345 g/mol. The zero-order valence-corrected chi connectivity index (χ0v) is 12.9. The van der Waals surface area contributed by atoms with E-state index >= 15 is 0 Å². The molecule has 0 aliphatic rings. The van der Waals surface area contributed by atoms with Crippen LogP contribution in [0, 0.1) is 0 Å². The third-order valence-corrected chi connectivity index (χ3v) is 3.41. The molecule has 0 spiro atoms. The van der Waals surface area contributed by atoms with Crippen molar-refractivity contribution in [3.8, 4) is 17.2 Å². The van der Waals surface area contributed by atoms with Crippen LogP contribution in [-0.2, 0) is 0 Å². The van der Waals surface area contributed by atoms with Gasteiger partial charge in [0.25, 0.3) is 5.89 Å². The van der Waals surface area contributed by atoms with Crippen LogP contribution in [0.25, 0.3) is 11.5 Å². The van der Waals surface area contributed by atoms with Gasteiger partial charge >= 0.3 is 0 Å². The minimum Gasteiger partial charge on any atom is -0.481 e. The molecule has 1 unspecified atom stereocenters. The van der Waals surface area contributed by atoms with E-state index in [2.05, 4.69) is 26.1 Å². The molecular formula is C16H13BrN2O2. The lowest BCUT2D eigenvalue weighted by Crippen LogP contribution is -2.03. The topological polar surface area (TPSA) is 48.2 Å². The van der Waals surface area contributed by atoms with Gasteiger partial charge < -0.3 is 9.15 Å². The predicted molar refractivity (Wildman–Crippen MR) is 82.9 cm³/mol. The SMILES string of the molecule is CC(Oc1ccccc1)c1nnc(-c2cccc(Br)c2)o1. The van der Waals surface area contributed by atoms with Gasteiger partial charge in [0.05, 0.1) is 0 Å². The summed E-state index contributed by atoms with van der Waals surface area (Å²) in [6.07, 6.45) is -0.305. The molecule has 0 fully saturated rings. The van der Waals surface area contributed by atoms with Gasteiger partial charge in [-0.2, -0.15) is 0 Å². The molecule has 2 aromatic carbocycles.